The molecule has 0 aliphatic heterocycles. The summed E-state index contributed by atoms with van der Waals surface area (Å²) in [7, 11) is 0. The zero-order valence-corrected chi connectivity index (χ0v) is 7.14. The van der Waals surface area contributed by atoms with Crippen molar-refractivity contribution in [2.75, 3.05) is 0 Å². The van der Waals surface area contributed by atoms with Crippen LogP contribution in [0.25, 0.3) is 10.8 Å². The molecule has 0 radical (unpaired) electrons. The van der Waals surface area contributed by atoms with Gasteiger partial charge in [0.2, 0.25) is 0 Å². The summed E-state index contributed by atoms with van der Waals surface area (Å²) >= 11 is 0. The SMILES string of the molecule is N/N=c1/ccccc2ccccc12. The van der Waals surface area contributed by atoms with Crippen molar-refractivity contribution in [3.05, 3.63) is 53.9 Å². The molecule has 0 heterocycles. The Morgan fingerprint density at radius 1 is 0.846 bits per heavy atom. The monoisotopic (exact) mass is 170 g/mol. The lowest BCUT2D eigenvalue weighted by Gasteiger charge is -1.89. The van der Waals surface area contributed by atoms with Gasteiger partial charge in [-0.2, -0.15) is 5.10 Å². The van der Waals surface area contributed by atoms with Gasteiger partial charge in [-0.1, -0.05) is 42.5 Å². The third-order valence-corrected chi connectivity index (χ3v) is 2.02. The van der Waals surface area contributed by atoms with Gasteiger partial charge >= 0.3 is 0 Å². The average molecular weight is 170 g/mol. The van der Waals surface area contributed by atoms with E-state index in [4.69, 9.17) is 5.84 Å². The van der Waals surface area contributed by atoms with Crippen LogP contribution < -0.4 is 11.2 Å². The normalized spacial score (nSPS) is 11.8. The summed E-state index contributed by atoms with van der Waals surface area (Å²) in [6, 6.07) is 15.9. The molecule has 0 saturated heterocycles. The van der Waals surface area contributed by atoms with Crippen LogP contribution >= 0.6 is 0 Å². The fraction of sp³-hybridized carbons (Fsp3) is 0. The number of hydrogen-bond acceptors (Lipinski definition) is 2. The van der Waals surface area contributed by atoms with E-state index in [-0.39, 0.29) is 0 Å². The molecule has 0 fully saturated rings. The average Bonchev–Trinajstić information content (AvgIpc) is 2.39. The van der Waals surface area contributed by atoms with Crippen molar-refractivity contribution >= 4 is 10.8 Å². The molecule has 0 amide bonds. The lowest BCUT2D eigenvalue weighted by atomic mass is 10.2. The van der Waals surface area contributed by atoms with Gasteiger partial charge in [-0.3, -0.25) is 0 Å². The lowest BCUT2D eigenvalue weighted by molar-refractivity contribution is 1.16. The Morgan fingerprint density at radius 3 is 2.15 bits per heavy atom. The van der Waals surface area contributed by atoms with Gasteiger partial charge in [0.15, 0.2) is 0 Å². The molecular formula is C11H10N2. The maximum atomic E-state index is 5.30. The van der Waals surface area contributed by atoms with Crippen LogP contribution in [-0.4, -0.2) is 0 Å². The number of rotatable bonds is 0. The van der Waals surface area contributed by atoms with Gasteiger partial charge in [-0.25, -0.2) is 0 Å². The van der Waals surface area contributed by atoms with Crippen LogP contribution in [0.2, 0.25) is 0 Å². The third-order valence-electron chi connectivity index (χ3n) is 2.02. The molecule has 0 atom stereocenters. The van der Waals surface area contributed by atoms with Gasteiger partial charge in [-0.05, 0) is 11.5 Å². The topological polar surface area (TPSA) is 38.4 Å². The van der Waals surface area contributed by atoms with Gasteiger partial charge in [0.25, 0.3) is 0 Å². The molecular weight excluding hydrogens is 160 g/mol. The molecule has 0 aliphatic rings. The summed E-state index contributed by atoms with van der Waals surface area (Å²) in [5, 5.41) is 6.79. The summed E-state index contributed by atoms with van der Waals surface area (Å²) in [5.74, 6) is 5.30. The van der Waals surface area contributed by atoms with E-state index in [0.29, 0.717) is 0 Å². The molecule has 2 aromatic rings. The first-order valence-electron chi connectivity index (χ1n) is 4.14. The largest absolute Gasteiger partial charge is 0.323 e. The van der Waals surface area contributed by atoms with Crippen LogP contribution in [0.3, 0.4) is 0 Å². The van der Waals surface area contributed by atoms with Crippen LogP contribution in [0.5, 0.6) is 0 Å². The summed E-state index contributed by atoms with van der Waals surface area (Å²) < 4.78 is 0. The second-order valence-corrected chi connectivity index (χ2v) is 2.82. The molecule has 2 rings (SSSR count). The molecule has 0 unspecified atom stereocenters. The highest BCUT2D eigenvalue weighted by Gasteiger charge is 1.90. The minimum absolute atomic E-state index is 0.820. The predicted octanol–water partition coefficient (Wildman–Crippen LogP) is 1.61. The van der Waals surface area contributed by atoms with Crippen molar-refractivity contribution in [1.82, 2.24) is 0 Å². The van der Waals surface area contributed by atoms with Gasteiger partial charge in [0, 0.05) is 5.39 Å². The number of nitrogens with zero attached hydrogens (tertiary/aromatic N) is 1. The van der Waals surface area contributed by atoms with Crippen molar-refractivity contribution in [2.24, 2.45) is 10.9 Å². The predicted molar refractivity (Wildman–Crippen MR) is 53.7 cm³/mol. The summed E-state index contributed by atoms with van der Waals surface area (Å²) in [4.78, 5) is 0. The molecule has 0 aliphatic carbocycles. The highest BCUT2D eigenvalue weighted by molar-refractivity contribution is 5.81. The zero-order valence-electron chi connectivity index (χ0n) is 7.14. The van der Waals surface area contributed by atoms with Crippen LogP contribution in [0, 0.1) is 0 Å². The highest BCUT2D eigenvalue weighted by Crippen LogP contribution is 2.06. The van der Waals surface area contributed by atoms with E-state index in [1.54, 1.807) is 0 Å². The van der Waals surface area contributed by atoms with Crippen molar-refractivity contribution < 1.29 is 0 Å². The first kappa shape index (κ1) is 7.80. The summed E-state index contributed by atoms with van der Waals surface area (Å²) in [5.41, 5.74) is 0. The second-order valence-electron chi connectivity index (χ2n) is 2.82. The maximum absolute atomic E-state index is 5.30. The van der Waals surface area contributed by atoms with Crippen molar-refractivity contribution in [3.8, 4) is 0 Å². The molecule has 0 aromatic heterocycles. The second kappa shape index (κ2) is 3.27. The smallest absolute Gasteiger partial charge is 0.0905 e. The Bertz CT molecular complexity index is 489. The molecule has 2 nitrogen and oxygen atoms in total. The fourth-order valence-corrected chi connectivity index (χ4v) is 1.38. The van der Waals surface area contributed by atoms with Gasteiger partial charge in [0.1, 0.15) is 0 Å². The minimum Gasteiger partial charge on any atom is -0.323 e. The fourth-order valence-electron chi connectivity index (χ4n) is 1.38. The molecule has 0 saturated carbocycles. The Labute approximate surface area is 76.3 Å². The minimum atomic E-state index is 0.820. The Morgan fingerprint density at radius 2 is 1.46 bits per heavy atom. The first-order chi connectivity index (χ1) is 6.42. The van der Waals surface area contributed by atoms with Crippen LogP contribution in [0.15, 0.2) is 53.6 Å². The van der Waals surface area contributed by atoms with Crippen molar-refractivity contribution in [2.45, 2.75) is 0 Å². The maximum Gasteiger partial charge on any atom is 0.0905 e. The Kier molecular flexibility index (Phi) is 1.96. The summed E-state index contributed by atoms with van der Waals surface area (Å²) in [6.07, 6.45) is 0. The quantitative estimate of drug-likeness (QED) is 0.473. The zero-order chi connectivity index (χ0) is 9.10. The Balaban J connectivity index is 3.04. The molecule has 2 heteroatoms. The molecule has 0 spiro atoms. The number of nitrogens with two attached hydrogens (primary N) is 1. The lowest BCUT2D eigenvalue weighted by Crippen LogP contribution is -2.02. The van der Waals surface area contributed by atoms with Gasteiger partial charge in [-0.15, -0.1) is 0 Å². The van der Waals surface area contributed by atoms with E-state index in [1.807, 2.05) is 48.5 Å². The van der Waals surface area contributed by atoms with Gasteiger partial charge < -0.3 is 5.84 Å². The number of benzene rings is 1. The van der Waals surface area contributed by atoms with E-state index in [0.717, 1.165) is 16.1 Å². The van der Waals surface area contributed by atoms with Crippen molar-refractivity contribution in [3.63, 3.8) is 0 Å². The highest BCUT2D eigenvalue weighted by atomic mass is 15.1. The first-order valence-corrected chi connectivity index (χ1v) is 4.14. The Hall–Kier alpha value is -1.83. The summed E-state index contributed by atoms with van der Waals surface area (Å²) in [6.45, 7) is 0. The van der Waals surface area contributed by atoms with Crippen molar-refractivity contribution in [1.29, 1.82) is 0 Å². The van der Waals surface area contributed by atoms with E-state index in [9.17, 15) is 0 Å². The molecule has 13 heavy (non-hydrogen) atoms. The van der Waals surface area contributed by atoms with E-state index < -0.39 is 0 Å². The van der Waals surface area contributed by atoms with E-state index in [2.05, 4.69) is 5.10 Å². The van der Waals surface area contributed by atoms with Crippen LogP contribution in [-0.2, 0) is 0 Å². The number of fused-ring (bicyclic) bond motifs is 1. The van der Waals surface area contributed by atoms with Gasteiger partial charge in [0.05, 0.1) is 5.36 Å². The van der Waals surface area contributed by atoms with Crippen LogP contribution in [0.4, 0.5) is 0 Å². The molecule has 0 bridgehead atoms. The standard InChI is InChI=1S/C11H10N2/c12-13-11-8-4-2-6-9-5-1-3-7-10(9)11/h1-8H,12H2/b13-11-. The molecule has 64 valence electrons. The third kappa shape index (κ3) is 1.38. The van der Waals surface area contributed by atoms with E-state index >= 15 is 0 Å². The number of hydrogen-bond donors (Lipinski definition) is 1. The van der Waals surface area contributed by atoms with E-state index in [1.165, 1.54) is 0 Å². The molecule has 2 N–H and O–H groups in total. The van der Waals surface area contributed by atoms with Crippen LogP contribution in [0.1, 0.15) is 0 Å². The molecule has 2 aromatic carbocycles.